The van der Waals surface area contributed by atoms with Gasteiger partial charge in [0, 0.05) is 6.54 Å². The first kappa shape index (κ1) is 17.9. The van der Waals surface area contributed by atoms with Gasteiger partial charge in [0.15, 0.2) is 0 Å². The van der Waals surface area contributed by atoms with Crippen LogP contribution in [0.15, 0.2) is 53.7 Å². The fourth-order valence-corrected chi connectivity index (χ4v) is 3.08. The van der Waals surface area contributed by atoms with Crippen LogP contribution in [0.2, 0.25) is 0 Å². The molecule has 0 saturated heterocycles. The van der Waals surface area contributed by atoms with E-state index in [4.69, 9.17) is 4.74 Å². The summed E-state index contributed by atoms with van der Waals surface area (Å²) in [6.45, 7) is 2.45. The lowest BCUT2D eigenvalue weighted by molar-refractivity contribution is -0.118. The molecular weight excluding hydrogens is 350 g/mol. The second kappa shape index (κ2) is 8.48. The average molecular weight is 369 g/mol. The number of ether oxygens (including phenoxy) is 1. The van der Waals surface area contributed by atoms with Crippen LogP contribution in [0.25, 0.3) is 5.69 Å². The fourth-order valence-electron chi connectivity index (χ4n) is 2.35. The normalized spacial score (nSPS) is 10.5. The van der Waals surface area contributed by atoms with Crippen molar-refractivity contribution in [2.45, 2.75) is 18.6 Å². The molecular formula is C18H19N5O2S. The smallest absolute Gasteiger partial charge is 0.230 e. The van der Waals surface area contributed by atoms with Crippen LogP contribution in [0, 0.1) is 6.92 Å². The molecule has 0 bridgehead atoms. The second-order valence-corrected chi connectivity index (χ2v) is 6.57. The quantitative estimate of drug-likeness (QED) is 0.644. The van der Waals surface area contributed by atoms with Gasteiger partial charge in [-0.15, -0.1) is 5.10 Å². The lowest BCUT2D eigenvalue weighted by Crippen LogP contribution is -2.24. The summed E-state index contributed by atoms with van der Waals surface area (Å²) in [5.74, 6) is 0.913. The van der Waals surface area contributed by atoms with Gasteiger partial charge in [0.25, 0.3) is 0 Å². The Labute approximate surface area is 155 Å². The van der Waals surface area contributed by atoms with E-state index < -0.39 is 0 Å². The van der Waals surface area contributed by atoms with Crippen molar-refractivity contribution in [3.63, 3.8) is 0 Å². The van der Waals surface area contributed by atoms with Crippen LogP contribution in [0.5, 0.6) is 5.75 Å². The van der Waals surface area contributed by atoms with Crippen LogP contribution in [0.3, 0.4) is 0 Å². The number of hydrogen-bond donors (Lipinski definition) is 1. The third-order valence-electron chi connectivity index (χ3n) is 3.64. The summed E-state index contributed by atoms with van der Waals surface area (Å²) in [6, 6.07) is 15.5. The number of nitrogens with one attached hydrogen (secondary N) is 1. The van der Waals surface area contributed by atoms with Crippen LogP contribution in [0.4, 0.5) is 0 Å². The monoisotopic (exact) mass is 369 g/mol. The number of hydrogen-bond acceptors (Lipinski definition) is 6. The molecule has 7 nitrogen and oxygen atoms in total. The zero-order valence-corrected chi connectivity index (χ0v) is 15.4. The number of thioether (sulfide) groups is 1. The van der Waals surface area contributed by atoms with E-state index >= 15 is 0 Å². The van der Waals surface area contributed by atoms with Gasteiger partial charge in [-0.3, -0.25) is 4.79 Å². The number of nitrogens with zero attached hydrogens (tertiary/aromatic N) is 4. The van der Waals surface area contributed by atoms with E-state index in [0.717, 1.165) is 22.6 Å². The first-order valence-electron chi connectivity index (χ1n) is 8.03. The summed E-state index contributed by atoms with van der Waals surface area (Å²) in [4.78, 5) is 12.1. The van der Waals surface area contributed by atoms with Crippen molar-refractivity contribution in [1.82, 2.24) is 25.5 Å². The number of aromatic nitrogens is 4. The van der Waals surface area contributed by atoms with Crippen molar-refractivity contribution >= 4 is 17.7 Å². The number of carbonyl (C=O) groups is 1. The molecule has 134 valence electrons. The summed E-state index contributed by atoms with van der Waals surface area (Å²) in [6.07, 6.45) is 0. The number of carbonyl (C=O) groups excluding carboxylic acids is 1. The Balaban J connectivity index is 1.56. The molecule has 3 aromatic rings. The van der Waals surface area contributed by atoms with E-state index in [1.165, 1.54) is 11.8 Å². The largest absolute Gasteiger partial charge is 0.497 e. The maximum Gasteiger partial charge on any atom is 0.230 e. The van der Waals surface area contributed by atoms with Gasteiger partial charge in [-0.25, -0.2) is 0 Å². The van der Waals surface area contributed by atoms with Crippen LogP contribution in [0.1, 0.15) is 11.1 Å². The third-order valence-corrected chi connectivity index (χ3v) is 4.56. The molecule has 0 saturated carbocycles. The molecule has 0 spiro atoms. The summed E-state index contributed by atoms with van der Waals surface area (Å²) < 4.78 is 6.81. The molecule has 3 rings (SSSR count). The molecule has 8 heteroatoms. The number of aryl methyl sites for hydroxylation is 1. The minimum atomic E-state index is -0.0865. The van der Waals surface area contributed by atoms with Gasteiger partial charge < -0.3 is 10.1 Å². The molecule has 26 heavy (non-hydrogen) atoms. The SMILES string of the molecule is COc1cccc(CNC(=O)CSc2nnnn2-c2cccc(C)c2)c1. The number of rotatable bonds is 7. The maximum atomic E-state index is 12.1. The molecule has 0 radical (unpaired) electrons. The van der Waals surface area contributed by atoms with Gasteiger partial charge in [-0.1, -0.05) is 36.0 Å². The Kier molecular flexibility index (Phi) is 5.85. The van der Waals surface area contributed by atoms with Crippen molar-refractivity contribution in [3.05, 3.63) is 59.7 Å². The molecule has 1 aromatic heterocycles. The van der Waals surface area contributed by atoms with Crippen molar-refractivity contribution in [3.8, 4) is 11.4 Å². The predicted molar refractivity (Wildman–Crippen MR) is 99.5 cm³/mol. The maximum absolute atomic E-state index is 12.1. The number of amides is 1. The summed E-state index contributed by atoms with van der Waals surface area (Å²) in [7, 11) is 1.62. The third kappa shape index (κ3) is 4.60. The Morgan fingerprint density at radius 1 is 1.23 bits per heavy atom. The molecule has 1 N–H and O–H groups in total. The summed E-state index contributed by atoms with van der Waals surface area (Å²) in [5, 5.41) is 15.2. The first-order chi connectivity index (χ1) is 12.7. The molecule has 1 heterocycles. The van der Waals surface area contributed by atoms with Crippen molar-refractivity contribution in [2.75, 3.05) is 12.9 Å². The number of tetrazole rings is 1. The van der Waals surface area contributed by atoms with Crippen molar-refractivity contribution in [2.24, 2.45) is 0 Å². The van der Waals surface area contributed by atoms with E-state index in [1.807, 2.05) is 55.5 Å². The predicted octanol–water partition coefficient (Wildman–Crippen LogP) is 2.39. The van der Waals surface area contributed by atoms with E-state index in [-0.39, 0.29) is 11.7 Å². The standard InChI is InChI=1S/C18H19N5O2S/c1-13-5-3-7-15(9-13)23-18(20-21-22-23)26-12-17(24)19-11-14-6-4-8-16(10-14)25-2/h3-10H,11-12H2,1-2H3,(H,19,24). The molecule has 2 aromatic carbocycles. The van der Waals surface area contributed by atoms with Crippen molar-refractivity contribution < 1.29 is 9.53 Å². The molecule has 0 aliphatic heterocycles. The van der Waals surface area contributed by atoms with Gasteiger partial charge in [0.2, 0.25) is 11.1 Å². The first-order valence-corrected chi connectivity index (χ1v) is 9.02. The average Bonchev–Trinajstić information content (AvgIpc) is 3.13. The lowest BCUT2D eigenvalue weighted by Gasteiger charge is -2.07. The molecule has 0 unspecified atom stereocenters. The summed E-state index contributed by atoms with van der Waals surface area (Å²) in [5.41, 5.74) is 2.96. The highest BCUT2D eigenvalue weighted by Gasteiger charge is 2.11. The van der Waals surface area contributed by atoms with Gasteiger partial charge >= 0.3 is 0 Å². The Hall–Kier alpha value is -2.87. The summed E-state index contributed by atoms with van der Waals surface area (Å²) >= 11 is 1.30. The zero-order chi connectivity index (χ0) is 18.4. The zero-order valence-electron chi connectivity index (χ0n) is 14.5. The van der Waals surface area contributed by atoms with Crippen LogP contribution < -0.4 is 10.1 Å². The van der Waals surface area contributed by atoms with Crippen LogP contribution >= 0.6 is 11.8 Å². The van der Waals surface area contributed by atoms with E-state index in [0.29, 0.717) is 11.7 Å². The molecule has 0 aliphatic rings. The highest BCUT2D eigenvalue weighted by molar-refractivity contribution is 7.99. The van der Waals surface area contributed by atoms with Gasteiger partial charge in [-0.05, 0) is 52.7 Å². The van der Waals surface area contributed by atoms with Crippen molar-refractivity contribution in [1.29, 1.82) is 0 Å². The minimum Gasteiger partial charge on any atom is -0.497 e. The van der Waals surface area contributed by atoms with Gasteiger partial charge in [-0.2, -0.15) is 4.68 Å². The molecule has 0 fully saturated rings. The second-order valence-electron chi connectivity index (χ2n) is 5.63. The Morgan fingerprint density at radius 3 is 2.88 bits per heavy atom. The van der Waals surface area contributed by atoms with E-state index in [1.54, 1.807) is 11.8 Å². The Morgan fingerprint density at radius 2 is 2.08 bits per heavy atom. The van der Waals surface area contributed by atoms with Gasteiger partial charge in [0.05, 0.1) is 18.6 Å². The van der Waals surface area contributed by atoms with Crippen LogP contribution in [-0.2, 0) is 11.3 Å². The van der Waals surface area contributed by atoms with E-state index in [2.05, 4.69) is 20.8 Å². The lowest BCUT2D eigenvalue weighted by atomic mass is 10.2. The van der Waals surface area contributed by atoms with E-state index in [9.17, 15) is 4.79 Å². The molecule has 0 atom stereocenters. The number of benzene rings is 2. The number of methoxy groups -OCH3 is 1. The highest BCUT2D eigenvalue weighted by Crippen LogP contribution is 2.18. The highest BCUT2D eigenvalue weighted by atomic mass is 32.2. The molecule has 1 amide bonds. The minimum absolute atomic E-state index is 0.0865. The van der Waals surface area contributed by atoms with Gasteiger partial charge in [0.1, 0.15) is 5.75 Å². The van der Waals surface area contributed by atoms with Crippen LogP contribution in [-0.4, -0.2) is 39.0 Å². The molecule has 0 aliphatic carbocycles. The topological polar surface area (TPSA) is 81.9 Å². The Bertz CT molecular complexity index is 897. The fraction of sp³-hybridized carbons (Fsp3) is 0.222.